The van der Waals surface area contributed by atoms with E-state index in [1.54, 1.807) is 30.2 Å². The van der Waals surface area contributed by atoms with Gasteiger partial charge >= 0.3 is 0 Å². The van der Waals surface area contributed by atoms with E-state index in [-0.39, 0.29) is 6.79 Å². The molecule has 3 aromatic heterocycles. The third-order valence-electron chi connectivity index (χ3n) is 4.01. The van der Waals surface area contributed by atoms with Gasteiger partial charge in [-0.15, -0.1) is 11.3 Å². The number of nitrogens with one attached hydrogen (secondary N) is 1. The molecule has 0 amide bonds. The lowest BCUT2D eigenvalue weighted by molar-refractivity contribution is 0.174. The van der Waals surface area contributed by atoms with Crippen molar-refractivity contribution in [2.24, 2.45) is 0 Å². The Morgan fingerprint density at radius 3 is 2.96 bits per heavy atom. The summed E-state index contributed by atoms with van der Waals surface area (Å²) in [6.45, 7) is 0.923. The van der Waals surface area contributed by atoms with Crippen molar-refractivity contribution in [1.29, 1.82) is 0 Å². The molecule has 1 aliphatic heterocycles. The van der Waals surface area contributed by atoms with Gasteiger partial charge in [-0.1, -0.05) is 6.07 Å². The van der Waals surface area contributed by atoms with Crippen LogP contribution in [0.4, 0.5) is 5.82 Å². The summed E-state index contributed by atoms with van der Waals surface area (Å²) in [5, 5.41) is 3.39. The maximum Gasteiger partial charge on any atom is 0.231 e. The lowest BCUT2D eigenvalue weighted by Crippen LogP contribution is -2.01. The number of benzene rings is 1. The van der Waals surface area contributed by atoms with Crippen LogP contribution in [0.3, 0.4) is 0 Å². The molecule has 0 saturated carbocycles. The van der Waals surface area contributed by atoms with Gasteiger partial charge in [-0.05, 0) is 29.8 Å². The second-order valence-electron chi connectivity index (χ2n) is 5.60. The van der Waals surface area contributed by atoms with Gasteiger partial charge in [-0.25, -0.2) is 9.97 Å². The van der Waals surface area contributed by atoms with Crippen molar-refractivity contribution in [3.63, 3.8) is 0 Å². The molecule has 0 atom stereocenters. The minimum Gasteiger partial charge on any atom is -0.472 e. The summed E-state index contributed by atoms with van der Waals surface area (Å²) in [5.41, 5.74) is 3.07. The number of nitrogens with zero attached hydrogens (tertiary/aromatic N) is 2. The second-order valence-corrected chi connectivity index (χ2v) is 6.65. The van der Waals surface area contributed by atoms with E-state index in [2.05, 4.69) is 21.4 Å². The number of ether oxygens (including phenoxy) is 2. The molecule has 0 saturated heterocycles. The van der Waals surface area contributed by atoms with Crippen LogP contribution in [0.2, 0.25) is 0 Å². The van der Waals surface area contributed by atoms with E-state index >= 15 is 0 Å². The summed E-state index contributed by atoms with van der Waals surface area (Å²) >= 11 is 1.64. The number of anilines is 1. The molecule has 0 spiro atoms. The number of fused-ring (bicyclic) bond motifs is 2. The molecule has 6 nitrogen and oxygen atoms in total. The molecule has 0 unspecified atom stereocenters. The van der Waals surface area contributed by atoms with E-state index in [0.29, 0.717) is 6.54 Å². The van der Waals surface area contributed by atoms with Crippen LogP contribution >= 0.6 is 11.3 Å². The minimum atomic E-state index is 0.282. The Kier molecular flexibility index (Phi) is 3.31. The van der Waals surface area contributed by atoms with E-state index < -0.39 is 0 Å². The zero-order valence-electron chi connectivity index (χ0n) is 13.1. The van der Waals surface area contributed by atoms with Crippen LogP contribution < -0.4 is 14.8 Å². The number of rotatable bonds is 4. The predicted molar refractivity (Wildman–Crippen MR) is 95.0 cm³/mol. The van der Waals surface area contributed by atoms with Crippen LogP contribution in [-0.4, -0.2) is 16.8 Å². The molecule has 7 heteroatoms. The summed E-state index contributed by atoms with van der Waals surface area (Å²) < 4.78 is 17.0. The molecular weight excluding hydrogens is 338 g/mol. The lowest BCUT2D eigenvalue weighted by atomic mass is 10.2. The number of thiophene rings is 1. The summed E-state index contributed by atoms with van der Waals surface area (Å²) in [7, 11) is 0. The Balaban J connectivity index is 1.43. The van der Waals surface area contributed by atoms with Gasteiger partial charge < -0.3 is 19.2 Å². The number of hydrogen-bond acceptors (Lipinski definition) is 7. The van der Waals surface area contributed by atoms with Crippen molar-refractivity contribution >= 4 is 27.4 Å². The van der Waals surface area contributed by atoms with Crippen molar-refractivity contribution in [3.05, 3.63) is 54.7 Å². The predicted octanol–water partition coefficient (Wildman–Crippen LogP) is 4.29. The fourth-order valence-electron chi connectivity index (χ4n) is 2.76. The second kappa shape index (κ2) is 5.78. The highest BCUT2D eigenvalue weighted by Crippen LogP contribution is 2.36. The molecule has 1 aliphatic rings. The fraction of sp³-hybridized carbons (Fsp3) is 0.111. The molecule has 124 valence electrons. The van der Waals surface area contributed by atoms with Gasteiger partial charge in [0.05, 0.1) is 22.7 Å². The first-order valence-corrected chi connectivity index (χ1v) is 8.58. The van der Waals surface area contributed by atoms with Crippen molar-refractivity contribution in [3.8, 4) is 21.9 Å². The molecule has 25 heavy (non-hydrogen) atoms. The molecule has 0 radical (unpaired) electrons. The molecule has 5 rings (SSSR count). The van der Waals surface area contributed by atoms with Crippen LogP contribution in [-0.2, 0) is 6.54 Å². The fourth-order valence-corrected chi connectivity index (χ4v) is 3.83. The molecule has 0 fully saturated rings. The quantitative estimate of drug-likeness (QED) is 0.591. The Hall–Kier alpha value is -3.06. The maximum atomic E-state index is 5.42. The topological polar surface area (TPSA) is 69.4 Å². The smallest absolute Gasteiger partial charge is 0.231 e. The SMILES string of the molecule is c1nc(NCc2ccc3c(c2)OCO3)c2sc(-c3ccoc3)cc2n1. The van der Waals surface area contributed by atoms with Gasteiger partial charge in [0.15, 0.2) is 11.5 Å². The standard InChI is InChI=1S/C18H13N3O3S/c1-2-14-15(24-10-23-14)5-11(1)7-19-18-17-13(20-9-21-18)6-16(25-17)12-3-4-22-8-12/h1-6,8-9H,7,10H2,(H,19,20,21). The van der Waals surface area contributed by atoms with Gasteiger partial charge in [0.25, 0.3) is 0 Å². The maximum absolute atomic E-state index is 5.42. The molecule has 1 N–H and O–H groups in total. The molecule has 0 aliphatic carbocycles. The normalized spacial score (nSPS) is 12.6. The van der Waals surface area contributed by atoms with Crippen LogP contribution in [0.15, 0.2) is 53.6 Å². The largest absolute Gasteiger partial charge is 0.472 e. The summed E-state index contributed by atoms with van der Waals surface area (Å²) in [6.07, 6.45) is 4.98. The Morgan fingerprint density at radius 2 is 2.04 bits per heavy atom. The van der Waals surface area contributed by atoms with E-state index in [4.69, 9.17) is 13.9 Å². The zero-order chi connectivity index (χ0) is 16.6. The zero-order valence-corrected chi connectivity index (χ0v) is 13.9. The van der Waals surface area contributed by atoms with Gasteiger partial charge in [-0.3, -0.25) is 0 Å². The first-order valence-electron chi connectivity index (χ1n) is 7.76. The Bertz CT molecular complexity index is 1040. The Morgan fingerprint density at radius 1 is 1.08 bits per heavy atom. The van der Waals surface area contributed by atoms with Crippen molar-refractivity contribution in [2.45, 2.75) is 6.54 Å². The van der Waals surface area contributed by atoms with Crippen LogP contribution in [0.25, 0.3) is 20.7 Å². The van der Waals surface area contributed by atoms with Crippen LogP contribution in [0, 0.1) is 0 Å². The van der Waals surface area contributed by atoms with E-state index in [9.17, 15) is 0 Å². The van der Waals surface area contributed by atoms with Gasteiger partial charge in [-0.2, -0.15) is 0 Å². The summed E-state index contributed by atoms with van der Waals surface area (Å²) in [4.78, 5) is 9.87. The lowest BCUT2D eigenvalue weighted by Gasteiger charge is -2.07. The van der Waals surface area contributed by atoms with Gasteiger partial charge in [0.2, 0.25) is 6.79 Å². The highest BCUT2D eigenvalue weighted by Gasteiger charge is 2.14. The van der Waals surface area contributed by atoms with Crippen molar-refractivity contribution < 1.29 is 13.9 Å². The third-order valence-corrected chi connectivity index (χ3v) is 5.19. The first kappa shape index (κ1) is 14.3. The highest BCUT2D eigenvalue weighted by atomic mass is 32.1. The van der Waals surface area contributed by atoms with Crippen LogP contribution in [0.1, 0.15) is 5.56 Å². The first-order chi connectivity index (χ1) is 12.4. The minimum absolute atomic E-state index is 0.282. The van der Waals surface area contributed by atoms with E-state index in [1.165, 1.54) is 0 Å². The molecule has 4 heterocycles. The van der Waals surface area contributed by atoms with Crippen molar-refractivity contribution in [1.82, 2.24) is 9.97 Å². The molecular formula is C18H13N3O3S. The summed E-state index contributed by atoms with van der Waals surface area (Å²) in [5.74, 6) is 2.39. The monoisotopic (exact) mass is 351 g/mol. The van der Waals surface area contributed by atoms with E-state index in [0.717, 1.165) is 43.5 Å². The van der Waals surface area contributed by atoms with Gasteiger partial charge in [0.1, 0.15) is 12.1 Å². The van der Waals surface area contributed by atoms with E-state index in [1.807, 2.05) is 24.3 Å². The number of hydrogen-bond donors (Lipinski definition) is 1. The number of furan rings is 1. The van der Waals surface area contributed by atoms with Crippen LogP contribution in [0.5, 0.6) is 11.5 Å². The third kappa shape index (κ3) is 2.58. The molecule has 1 aromatic carbocycles. The Labute approximate surface area is 147 Å². The molecule has 0 bridgehead atoms. The average Bonchev–Trinajstić information content (AvgIpc) is 3.38. The van der Waals surface area contributed by atoms with Gasteiger partial charge in [0, 0.05) is 17.0 Å². The van der Waals surface area contributed by atoms with Crippen molar-refractivity contribution in [2.75, 3.05) is 12.1 Å². The molecule has 4 aromatic rings. The average molecular weight is 351 g/mol. The highest BCUT2D eigenvalue weighted by molar-refractivity contribution is 7.22. The number of aromatic nitrogens is 2. The summed E-state index contributed by atoms with van der Waals surface area (Å²) in [6, 6.07) is 9.93.